The van der Waals surface area contributed by atoms with Crippen molar-refractivity contribution in [1.82, 2.24) is 9.13 Å². The van der Waals surface area contributed by atoms with Gasteiger partial charge in [-0.15, -0.1) is 0 Å². The van der Waals surface area contributed by atoms with E-state index in [0.717, 1.165) is 22.5 Å². The first-order valence-corrected chi connectivity index (χ1v) is 7.37. The van der Waals surface area contributed by atoms with Crippen molar-refractivity contribution in [2.45, 2.75) is 26.2 Å². The number of aromatic nitrogens is 2. The Bertz CT molecular complexity index is 919. The molecular weight excluding hydrogens is 363 g/mol. The number of carbonyl (C=O) groups excluding carboxylic acids is 1. The van der Waals surface area contributed by atoms with Crippen molar-refractivity contribution in [3.63, 3.8) is 0 Å². The first kappa shape index (κ1) is 18.8. The minimum atomic E-state index is -4.63. The van der Waals surface area contributed by atoms with Gasteiger partial charge in [0.1, 0.15) is 13.1 Å². The number of aryl methyl sites for hydroxylation is 1. The molecule has 2 aromatic rings. The average Bonchev–Trinajstić information content (AvgIpc) is 2.49. The summed E-state index contributed by atoms with van der Waals surface area (Å²) in [5, 5.41) is 2.92. The van der Waals surface area contributed by atoms with Crippen molar-refractivity contribution in [2.24, 2.45) is 0 Å². The molecule has 134 valence electrons. The molecule has 0 aliphatic rings. The number of hydrogen-bond donors (Lipinski definition) is 1. The van der Waals surface area contributed by atoms with Crippen LogP contribution in [0.3, 0.4) is 0 Å². The van der Waals surface area contributed by atoms with Crippen molar-refractivity contribution >= 4 is 23.2 Å². The second kappa shape index (κ2) is 7.14. The normalized spacial score (nSPS) is 11.4. The summed E-state index contributed by atoms with van der Waals surface area (Å²) >= 11 is 5.93. The van der Waals surface area contributed by atoms with E-state index in [1.165, 1.54) is 6.07 Å². The summed E-state index contributed by atoms with van der Waals surface area (Å²) < 4.78 is 38.0. The van der Waals surface area contributed by atoms with Crippen LogP contribution in [0.1, 0.15) is 5.56 Å². The largest absolute Gasteiger partial charge is 0.406 e. The van der Waals surface area contributed by atoms with E-state index < -0.39 is 36.3 Å². The molecule has 0 unspecified atom stereocenters. The molecule has 0 aliphatic heterocycles. The number of halogens is 4. The second-order valence-corrected chi connectivity index (χ2v) is 5.70. The second-order valence-electron chi connectivity index (χ2n) is 5.29. The van der Waals surface area contributed by atoms with E-state index in [4.69, 9.17) is 11.6 Å². The van der Waals surface area contributed by atoms with Crippen LogP contribution in [0.25, 0.3) is 0 Å². The molecule has 0 radical (unpaired) electrons. The van der Waals surface area contributed by atoms with Gasteiger partial charge in [0.2, 0.25) is 5.91 Å². The molecule has 25 heavy (non-hydrogen) atoms. The van der Waals surface area contributed by atoms with Crippen molar-refractivity contribution in [1.29, 1.82) is 0 Å². The summed E-state index contributed by atoms with van der Waals surface area (Å²) in [6.45, 7) is -0.314. The van der Waals surface area contributed by atoms with Crippen LogP contribution in [0, 0.1) is 6.92 Å². The fourth-order valence-electron chi connectivity index (χ4n) is 2.01. The van der Waals surface area contributed by atoms with Crippen LogP contribution >= 0.6 is 11.6 Å². The zero-order chi connectivity index (χ0) is 18.8. The Hall–Kier alpha value is -2.55. The van der Waals surface area contributed by atoms with Gasteiger partial charge in [-0.05, 0) is 24.6 Å². The van der Waals surface area contributed by atoms with Gasteiger partial charge in [0.05, 0.1) is 0 Å². The monoisotopic (exact) mass is 375 g/mol. The molecule has 0 saturated heterocycles. The third-order valence-corrected chi connectivity index (χ3v) is 3.66. The maximum Gasteiger partial charge on any atom is 0.406 e. The fourth-order valence-corrected chi connectivity index (χ4v) is 2.19. The van der Waals surface area contributed by atoms with Gasteiger partial charge in [-0.25, -0.2) is 0 Å². The van der Waals surface area contributed by atoms with Crippen LogP contribution in [0.5, 0.6) is 0 Å². The first-order chi connectivity index (χ1) is 11.6. The summed E-state index contributed by atoms with van der Waals surface area (Å²) in [6, 6.07) is 4.80. The Morgan fingerprint density at radius 1 is 1.16 bits per heavy atom. The molecule has 0 bridgehead atoms. The first-order valence-electron chi connectivity index (χ1n) is 6.99. The van der Waals surface area contributed by atoms with Crippen LogP contribution in [0.15, 0.2) is 40.2 Å². The molecule has 0 saturated carbocycles. The Kier molecular flexibility index (Phi) is 5.36. The summed E-state index contributed by atoms with van der Waals surface area (Å²) in [7, 11) is 0. The van der Waals surface area contributed by atoms with Crippen molar-refractivity contribution in [3.8, 4) is 0 Å². The third kappa shape index (κ3) is 4.96. The lowest BCUT2D eigenvalue weighted by atomic mass is 10.2. The highest BCUT2D eigenvalue weighted by atomic mass is 35.5. The van der Waals surface area contributed by atoms with E-state index in [-0.39, 0.29) is 4.57 Å². The number of hydrogen-bond acceptors (Lipinski definition) is 3. The maximum atomic E-state index is 12.3. The predicted octanol–water partition coefficient (Wildman–Crippen LogP) is 2.17. The van der Waals surface area contributed by atoms with Gasteiger partial charge in [-0.3, -0.25) is 19.0 Å². The molecule has 1 aromatic carbocycles. The molecule has 1 amide bonds. The van der Waals surface area contributed by atoms with E-state index in [1.807, 2.05) is 0 Å². The molecule has 6 nitrogen and oxygen atoms in total. The topological polar surface area (TPSA) is 73.1 Å². The van der Waals surface area contributed by atoms with Gasteiger partial charge < -0.3 is 9.88 Å². The number of nitrogens with zero attached hydrogens (tertiary/aromatic N) is 2. The Morgan fingerprint density at radius 3 is 2.36 bits per heavy atom. The van der Waals surface area contributed by atoms with Gasteiger partial charge in [-0.1, -0.05) is 17.7 Å². The van der Waals surface area contributed by atoms with Crippen LogP contribution < -0.4 is 16.4 Å². The number of carbonyl (C=O) groups is 1. The fraction of sp³-hybridized carbons (Fsp3) is 0.267. The van der Waals surface area contributed by atoms with Crippen LogP contribution in [0.4, 0.5) is 18.9 Å². The highest BCUT2D eigenvalue weighted by Gasteiger charge is 2.28. The van der Waals surface area contributed by atoms with Gasteiger partial charge in [0.15, 0.2) is 0 Å². The van der Waals surface area contributed by atoms with E-state index >= 15 is 0 Å². The highest BCUT2D eigenvalue weighted by molar-refractivity contribution is 6.31. The van der Waals surface area contributed by atoms with E-state index in [9.17, 15) is 27.6 Å². The molecule has 0 spiro atoms. The average molecular weight is 376 g/mol. The molecule has 0 fully saturated rings. The van der Waals surface area contributed by atoms with Gasteiger partial charge >= 0.3 is 17.3 Å². The quantitative estimate of drug-likeness (QED) is 0.832. The van der Waals surface area contributed by atoms with Crippen molar-refractivity contribution < 1.29 is 18.0 Å². The molecule has 10 heteroatoms. The molecule has 1 aromatic heterocycles. The van der Waals surface area contributed by atoms with Crippen LogP contribution in [0.2, 0.25) is 5.02 Å². The van der Waals surface area contributed by atoms with E-state index in [2.05, 4.69) is 5.32 Å². The van der Waals surface area contributed by atoms with Crippen molar-refractivity contribution in [3.05, 3.63) is 61.9 Å². The Morgan fingerprint density at radius 2 is 1.76 bits per heavy atom. The lowest BCUT2D eigenvalue weighted by Gasteiger charge is -2.11. The zero-order valence-electron chi connectivity index (χ0n) is 12.9. The molecule has 2 rings (SSSR count). The summed E-state index contributed by atoms with van der Waals surface area (Å²) in [5.74, 6) is -0.630. The van der Waals surface area contributed by atoms with Crippen LogP contribution in [-0.2, 0) is 17.9 Å². The minimum Gasteiger partial charge on any atom is -0.324 e. The molecule has 0 atom stereocenters. The minimum absolute atomic E-state index is 0.247. The smallest absolute Gasteiger partial charge is 0.324 e. The maximum absolute atomic E-state index is 12.3. The number of rotatable bonds is 4. The number of nitrogens with one attached hydrogen (secondary N) is 1. The Balaban J connectivity index is 2.16. The van der Waals surface area contributed by atoms with Crippen molar-refractivity contribution in [2.75, 3.05) is 5.32 Å². The Labute approximate surface area is 144 Å². The number of alkyl halides is 3. The lowest BCUT2D eigenvalue weighted by Crippen LogP contribution is -2.43. The van der Waals surface area contributed by atoms with Gasteiger partial charge in [0.25, 0.3) is 0 Å². The predicted molar refractivity (Wildman–Crippen MR) is 85.8 cm³/mol. The van der Waals surface area contributed by atoms with E-state index in [0.29, 0.717) is 10.7 Å². The van der Waals surface area contributed by atoms with Crippen LogP contribution in [-0.4, -0.2) is 21.2 Å². The summed E-state index contributed by atoms with van der Waals surface area (Å²) in [6.07, 6.45) is -2.87. The molecule has 1 N–H and O–H groups in total. The molecule has 0 aliphatic carbocycles. The summed E-state index contributed by atoms with van der Waals surface area (Å²) in [4.78, 5) is 35.4. The lowest BCUT2D eigenvalue weighted by molar-refractivity contribution is -0.141. The molecular formula is C15H13ClF3N3O3. The number of amides is 1. The van der Waals surface area contributed by atoms with Gasteiger partial charge in [-0.2, -0.15) is 13.2 Å². The number of benzene rings is 1. The third-order valence-electron chi connectivity index (χ3n) is 3.25. The number of anilines is 1. The molecule has 1 heterocycles. The van der Waals surface area contributed by atoms with Gasteiger partial charge in [0, 0.05) is 23.1 Å². The highest BCUT2D eigenvalue weighted by Crippen LogP contribution is 2.20. The zero-order valence-corrected chi connectivity index (χ0v) is 13.7. The van der Waals surface area contributed by atoms with E-state index in [1.54, 1.807) is 19.1 Å². The standard InChI is InChI=1S/C15H13ClF3N3O3/c1-9-2-3-10(6-11(9)16)20-12(23)7-21-4-5-22(8-15(17,18)19)14(25)13(21)24/h2-6H,7-8H2,1H3,(H,20,23). The SMILES string of the molecule is Cc1ccc(NC(=O)Cn2ccn(CC(F)(F)F)c(=O)c2=O)cc1Cl. The summed E-state index contributed by atoms with van der Waals surface area (Å²) in [5.41, 5.74) is -1.38.